The van der Waals surface area contributed by atoms with Crippen LogP contribution in [0.4, 0.5) is 0 Å². The molecule has 1 aromatic heterocycles. The molecule has 25 heavy (non-hydrogen) atoms. The van der Waals surface area contributed by atoms with Gasteiger partial charge in [-0.1, -0.05) is 11.6 Å². The summed E-state index contributed by atoms with van der Waals surface area (Å²) in [6, 6.07) is 9.03. The predicted octanol–water partition coefficient (Wildman–Crippen LogP) is 3.35. The molecule has 4 heterocycles. The number of carbonyl (C=O) groups excluding carboxylic acids is 1. The number of benzene rings is 1. The van der Waals surface area contributed by atoms with E-state index in [9.17, 15) is 4.79 Å². The number of aromatic nitrogens is 1. The Morgan fingerprint density at radius 2 is 1.96 bits per heavy atom. The Morgan fingerprint density at radius 1 is 1.20 bits per heavy atom. The van der Waals surface area contributed by atoms with Gasteiger partial charge in [-0.2, -0.15) is 0 Å². The number of hydrogen-bond donors (Lipinski definition) is 1. The molecule has 3 aliphatic heterocycles. The Labute approximate surface area is 152 Å². The first-order valence-electron chi connectivity index (χ1n) is 8.60. The van der Waals surface area contributed by atoms with Crippen molar-refractivity contribution in [3.63, 3.8) is 0 Å². The van der Waals surface area contributed by atoms with Crippen LogP contribution in [-0.4, -0.2) is 41.5 Å². The summed E-state index contributed by atoms with van der Waals surface area (Å²) in [6.45, 7) is 3.30. The zero-order valence-corrected chi connectivity index (χ0v) is 14.6. The van der Waals surface area contributed by atoms with Crippen molar-refractivity contribution in [2.45, 2.75) is 18.9 Å². The molecule has 0 saturated carbocycles. The summed E-state index contributed by atoms with van der Waals surface area (Å²) >= 11 is 6.06. The van der Waals surface area contributed by atoms with Gasteiger partial charge in [-0.05, 0) is 62.2 Å². The Kier molecular flexibility index (Phi) is 4.59. The van der Waals surface area contributed by atoms with Gasteiger partial charge in [0.05, 0.1) is 11.2 Å². The third-order valence-corrected chi connectivity index (χ3v) is 5.36. The molecular formula is C19H20ClN3O2. The molecule has 6 heteroatoms. The summed E-state index contributed by atoms with van der Waals surface area (Å²) in [4.78, 5) is 18.9. The average Bonchev–Trinajstić information content (AvgIpc) is 2.65. The van der Waals surface area contributed by atoms with Gasteiger partial charge >= 0.3 is 0 Å². The first kappa shape index (κ1) is 16.4. The second kappa shape index (κ2) is 7.02. The molecule has 1 atom stereocenters. The van der Waals surface area contributed by atoms with Crippen LogP contribution in [0.5, 0.6) is 11.5 Å². The van der Waals surface area contributed by atoms with Crippen LogP contribution < -0.4 is 10.1 Å². The number of hydrogen-bond acceptors (Lipinski definition) is 4. The van der Waals surface area contributed by atoms with Crippen molar-refractivity contribution in [1.82, 2.24) is 15.2 Å². The van der Waals surface area contributed by atoms with Crippen molar-refractivity contribution in [1.29, 1.82) is 0 Å². The molecule has 3 fully saturated rings. The fourth-order valence-corrected chi connectivity index (χ4v) is 3.76. The Morgan fingerprint density at radius 3 is 2.60 bits per heavy atom. The summed E-state index contributed by atoms with van der Waals surface area (Å²) in [6.07, 6.45) is 5.54. The van der Waals surface area contributed by atoms with E-state index in [0.29, 0.717) is 28.0 Å². The van der Waals surface area contributed by atoms with Gasteiger partial charge in [-0.15, -0.1) is 0 Å². The van der Waals surface area contributed by atoms with E-state index in [4.69, 9.17) is 16.3 Å². The number of piperidine rings is 3. The molecule has 5 nitrogen and oxygen atoms in total. The maximum Gasteiger partial charge on any atom is 0.251 e. The quantitative estimate of drug-likeness (QED) is 0.911. The molecule has 3 saturated heterocycles. The van der Waals surface area contributed by atoms with Crippen LogP contribution in [0.2, 0.25) is 5.02 Å². The maximum absolute atomic E-state index is 12.5. The van der Waals surface area contributed by atoms with Crippen LogP contribution in [0.15, 0.2) is 42.7 Å². The number of ether oxygens (including phenoxy) is 1. The van der Waals surface area contributed by atoms with Crippen molar-refractivity contribution >= 4 is 17.5 Å². The number of carbonyl (C=O) groups is 1. The smallest absolute Gasteiger partial charge is 0.251 e. The standard InChI is InChI=1S/C19H20ClN3O2/c20-16-5-8-21-11-18(16)25-15-3-1-14(2-4-15)19(24)22-17-12-23-9-6-13(17)7-10-23/h1-5,8,11,13,17H,6-7,9-10,12H2,(H,22,24)/t17-/m0/s1. The monoisotopic (exact) mass is 357 g/mol. The molecule has 0 unspecified atom stereocenters. The lowest BCUT2D eigenvalue weighted by Gasteiger charge is -2.44. The van der Waals surface area contributed by atoms with Crippen molar-refractivity contribution in [3.05, 3.63) is 53.3 Å². The molecule has 0 spiro atoms. The number of pyridine rings is 1. The number of rotatable bonds is 4. The molecule has 1 N–H and O–H groups in total. The highest BCUT2D eigenvalue weighted by atomic mass is 35.5. The fourth-order valence-electron chi connectivity index (χ4n) is 3.62. The summed E-state index contributed by atoms with van der Waals surface area (Å²) in [5, 5.41) is 3.69. The van der Waals surface area contributed by atoms with Crippen LogP contribution in [0.25, 0.3) is 0 Å². The minimum Gasteiger partial charge on any atom is -0.454 e. The first-order chi connectivity index (χ1) is 12.2. The van der Waals surface area contributed by atoms with Gasteiger partial charge in [0.25, 0.3) is 5.91 Å². The van der Waals surface area contributed by atoms with Gasteiger partial charge < -0.3 is 15.0 Å². The Balaban J connectivity index is 1.40. The molecule has 2 bridgehead atoms. The second-order valence-electron chi connectivity index (χ2n) is 6.65. The van der Waals surface area contributed by atoms with E-state index in [2.05, 4.69) is 15.2 Å². The van der Waals surface area contributed by atoms with Crippen LogP contribution >= 0.6 is 11.6 Å². The Bertz CT molecular complexity index is 758. The molecule has 1 aromatic carbocycles. The molecule has 2 aromatic rings. The van der Waals surface area contributed by atoms with Gasteiger partial charge in [-0.25, -0.2) is 0 Å². The van der Waals surface area contributed by atoms with Crippen molar-refractivity contribution in [3.8, 4) is 11.5 Å². The third kappa shape index (κ3) is 3.62. The molecule has 5 rings (SSSR count). The van der Waals surface area contributed by atoms with E-state index in [1.165, 1.54) is 25.9 Å². The van der Waals surface area contributed by atoms with E-state index in [0.717, 1.165) is 6.54 Å². The lowest BCUT2D eigenvalue weighted by molar-refractivity contribution is 0.0620. The van der Waals surface area contributed by atoms with Crippen LogP contribution in [-0.2, 0) is 0 Å². The van der Waals surface area contributed by atoms with Crippen molar-refractivity contribution in [2.24, 2.45) is 5.92 Å². The number of nitrogens with one attached hydrogen (secondary N) is 1. The largest absolute Gasteiger partial charge is 0.454 e. The minimum absolute atomic E-state index is 0.0234. The molecule has 3 aliphatic rings. The molecule has 130 valence electrons. The van der Waals surface area contributed by atoms with Crippen molar-refractivity contribution in [2.75, 3.05) is 19.6 Å². The summed E-state index contributed by atoms with van der Waals surface area (Å²) in [5.74, 6) is 1.71. The molecule has 0 radical (unpaired) electrons. The topological polar surface area (TPSA) is 54.5 Å². The first-order valence-corrected chi connectivity index (χ1v) is 8.97. The molecule has 0 aliphatic carbocycles. The highest BCUT2D eigenvalue weighted by molar-refractivity contribution is 6.32. The van der Waals surface area contributed by atoms with Gasteiger partial charge in [-0.3, -0.25) is 9.78 Å². The second-order valence-corrected chi connectivity index (χ2v) is 7.06. The van der Waals surface area contributed by atoms with Crippen LogP contribution in [0.1, 0.15) is 23.2 Å². The fraction of sp³-hybridized carbons (Fsp3) is 0.368. The van der Waals surface area contributed by atoms with E-state index >= 15 is 0 Å². The van der Waals surface area contributed by atoms with E-state index < -0.39 is 0 Å². The summed E-state index contributed by atoms with van der Waals surface area (Å²) in [5.41, 5.74) is 0.640. The maximum atomic E-state index is 12.5. The molecule has 1 amide bonds. The highest BCUT2D eigenvalue weighted by Crippen LogP contribution is 2.29. The zero-order chi connectivity index (χ0) is 17.2. The lowest BCUT2D eigenvalue weighted by Crippen LogP contribution is -2.57. The Hall–Kier alpha value is -2.11. The van der Waals surface area contributed by atoms with E-state index in [-0.39, 0.29) is 11.9 Å². The van der Waals surface area contributed by atoms with Gasteiger partial charge in [0, 0.05) is 24.3 Å². The van der Waals surface area contributed by atoms with Gasteiger partial charge in [0.15, 0.2) is 5.75 Å². The number of amides is 1. The van der Waals surface area contributed by atoms with Crippen molar-refractivity contribution < 1.29 is 9.53 Å². The number of nitrogens with zero attached hydrogens (tertiary/aromatic N) is 2. The summed E-state index contributed by atoms with van der Waals surface area (Å²) in [7, 11) is 0. The lowest BCUT2D eigenvalue weighted by atomic mass is 9.84. The van der Waals surface area contributed by atoms with Crippen LogP contribution in [0.3, 0.4) is 0 Å². The van der Waals surface area contributed by atoms with Gasteiger partial charge in [0.1, 0.15) is 5.75 Å². The molecular weight excluding hydrogens is 338 g/mol. The average molecular weight is 358 g/mol. The SMILES string of the molecule is O=C(N[C@H]1CN2CCC1CC2)c1ccc(Oc2cnccc2Cl)cc1. The van der Waals surface area contributed by atoms with E-state index in [1.54, 1.807) is 42.7 Å². The summed E-state index contributed by atoms with van der Waals surface area (Å²) < 4.78 is 5.70. The number of halogens is 1. The predicted molar refractivity (Wildman–Crippen MR) is 96.2 cm³/mol. The normalized spacial score (nSPS) is 24.8. The van der Waals surface area contributed by atoms with Crippen LogP contribution in [0, 0.1) is 5.92 Å². The number of fused-ring (bicyclic) bond motifs is 3. The van der Waals surface area contributed by atoms with Gasteiger partial charge in [0.2, 0.25) is 0 Å². The zero-order valence-electron chi connectivity index (χ0n) is 13.8. The highest BCUT2D eigenvalue weighted by Gasteiger charge is 2.34. The minimum atomic E-state index is -0.0234. The van der Waals surface area contributed by atoms with E-state index in [1.807, 2.05) is 0 Å². The third-order valence-electron chi connectivity index (χ3n) is 5.05.